The van der Waals surface area contributed by atoms with Crippen molar-refractivity contribution < 1.29 is 4.74 Å². The lowest BCUT2D eigenvalue weighted by Gasteiger charge is -2.11. The Morgan fingerprint density at radius 3 is 1.83 bits per heavy atom. The molecule has 24 heavy (non-hydrogen) atoms. The van der Waals surface area contributed by atoms with Gasteiger partial charge in [0.15, 0.2) is 0 Å². The van der Waals surface area contributed by atoms with E-state index in [1.807, 2.05) is 0 Å². The molecule has 0 saturated heterocycles. The molecule has 1 nitrogen and oxygen atoms in total. The number of benzene rings is 3. The summed E-state index contributed by atoms with van der Waals surface area (Å²) in [6.45, 7) is 3.01. The van der Waals surface area contributed by atoms with Gasteiger partial charge in [0.05, 0.1) is 6.61 Å². The molecule has 0 saturated carbocycles. The van der Waals surface area contributed by atoms with Gasteiger partial charge in [-0.2, -0.15) is 0 Å². The van der Waals surface area contributed by atoms with E-state index in [2.05, 4.69) is 85.8 Å². The predicted molar refractivity (Wildman–Crippen MR) is 102 cm³/mol. The van der Waals surface area contributed by atoms with Crippen LogP contribution in [0.2, 0.25) is 0 Å². The second-order valence-electron chi connectivity index (χ2n) is 5.99. The lowest BCUT2D eigenvalue weighted by molar-refractivity contribution is 0.306. The van der Waals surface area contributed by atoms with Crippen molar-refractivity contribution in [1.82, 2.24) is 0 Å². The number of ether oxygens (including phenoxy) is 1. The van der Waals surface area contributed by atoms with Crippen molar-refractivity contribution in [3.05, 3.63) is 78.9 Å². The molecule has 0 amide bonds. The molecule has 0 aromatic heterocycles. The van der Waals surface area contributed by atoms with Crippen LogP contribution in [-0.2, 0) is 0 Å². The fourth-order valence-corrected chi connectivity index (χ4v) is 2.88. The van der Waals surface area contributed by atoms with Crippen molar-refractivity contribution in [3.8, 4) is 28.0 Å². The molecule has 1 heteroatoms. The summed E-state index contributed by atoms with van der Waals surface area (Å²) in [4.78, 5) is 0. The van der Waals surface area contributed by atoms with Crippen molar-refractivity contribution >= 4 is 0 Å². The summed E-state index contributed by atoms with van der Waals surface area (Å²) in [7, 11) is 0. The van der Waals surface area contributed by atoms with Gasteiger partial charge in [0, 0.05) is 0 Å². The molecular weight excluding hydrogens is 292 g/mol. The topological polar surface area (TPSA) is 9.23 Å². The fraction of sp³-hybridized carbons (Fsp3) is 0.217. The Bertz CT molecular complexity index is 745. The molecule has 0 heterocycles. The molecule has 122 valence electrons. The Balaban J connectivity index is 1.80. The Morgan fingerprint density at radius 1 is 0.625 bits per heavy atom. The van der Waals surface area contributed by atoms with Crippen LogP contribution < -0.4 is 4.74 Å². The minimum Gasteiger partial charge on any atom is -0.494 e. The first-order valence-electron chi connectivity index (χ1n) is 8.76. The Morgan fingerprint density at radius 2 is 1.21 bits per heavy atom. The average Bonchev–Trinajstić information content (AvgIpc) is 2.66. The first-order valence-corrected chi connectivity index (χ1v) is 8.76. The van der Waals surface area contributed by atoms with Crippen LogP contribution in [0.4, 0.5) is 0 Å². The molecule has 0 N–H and O–H groups in total. The highest BCUT2D eigenvalue weighted by molar-refractivity contribution is 5.83. The molecule has 3 rings (SSSR count). The third kappa shape index (κ3) is 4.05. The monoisotopic (exact) mass is 316 g/mol. The molecule has 0 fully saturated rings. The van der Waals surface area contributed by atoms with Gasteiger partial charge in [-0.1, -0.05) is 86.5 Å². The standard InChI is InChI=1S/C23H24O/c1-2-3-9-18-24-21-16-14-20(15-17-21)23-13-8-7-12-22(23)19-10-5-4-6-11-19/h4-8,10-17H,2-3,9,18H2,1H3. The van der Waals surface area contributed by atoms with E-state index in [-0.39, 0.29) is 0 Å². The molecule has 3 aromatic carbocycles. The predicted octanol–water partition coefficient (Wildman–Crippen LogP) is 6.59. The molecular formula is C23H24O. The van der Waals surface area contributed by atoms with Gasteiger partial charge in [-0.25, -0.2) is 0 Å². The maximum Gasteiger partial charge on any atom is 0.119 e. The normalized spacial score (nSPS) is 10.5. The minimum absolute atomic E-state index is 0.799. The number of hydrogen-bond donors (Lipinski definition) is 0. The van der Waals surface area contributed by atoms with Gasteiger partial charge in [0.1, 0.15) is 5.75 Å². The van der Waals surface area contributed by atoms with Crippen LogP contribution in [0.25, 0.3) is 22.3 Å². The van der Waals surface area contributed by atoms with E-state index in [0.29, 0.717) is 0 Å². The molecule has 0 aliphatic heterocycles. The second kappa shape index (κ2) is 8.35. The first kappa shape index (κ1) is 16.3. The van der Waals surface area contributed by atoms with Gasteiger partial charge in [0.2, 0.25) is 0 Å². The highest BCUT2D eigenvalue weighted by atomic mass is 16.5. The SMILES string of the molecule is CCCCCOc1ccc(-c2ccccc2-c2ccccc2)cc1. The number of rotatable bonds is 7. The fourth-order valence-electron chi connectivity index (χ4n) is 2.88. The smallest absolute Gasteiger partial charge is 0.119 e. The minimum atomic E-state index is 0.799. The summed E-state index contributed by atoms with van der Waals surface area (Å²) in [5, 5.41) is 0. The van der Waals surface area contributed by atoms with E-state index in [4.69, 9.17) is 4.74 Å². The molecule has 0 atom stereocenters. The van der Waals surface area contributed by atoms with Crippen molar-refractivity contribution in [3.63, 3.8) is 0 Å². The lowest BCUT2D eigenvalue weighted by atomic mass is 9.95. The van der Waals surface area contributed by atoms with Gasteiger partial charge >= 0.3 is 0 Å². The molecule has 0 bridgehead atoms. The zero-order valence-electron chi connectivity index (χ0n) is 14.2. The highest BCUT2D eigenvalue weighted by Crippen LogP contribution is 2.32. The van der Waals surface area contributed by atoms with Crippen LogP contribution in [0.1, 0.15) is 26.2 Å². The third-order valence-electron chi connectivity index (χ3n) is 4.19. The van der Waals surface area contributed by atoms with Gasteiger partial charge in [-0.15, -0.1) is 0 Å². The highest BCUT2D eigenvalue weighted by Gasteiger charge is 2.06. The summed E-state index contributed by atoms with van der Waals surface area (Å²) < 4.78 is 5.81. The Labute approximate surface area is 144 Å². The Hall–Kier alpha value is -2.54. The van der Waals surface area contributed by atoms with Crippen LogP contribution in [0.5, 0.6) is 5.75 Å². The summed E-state index contributed by atoms with van der Waals surface area (Å²) >= 11 is 0. The van der Waals surface area contributed by atoms with Gasteiger partial charge in [0.25, 0.3) is 0 Å². The zero-order chi connectivity index (χ0) is 16.6. The van der Waals surface area contributed by atoms with E-state index in [1.54, 1.807) is 0 Å². The average molecular weight is 316 g/mol. The van der Waals surface area contributed by atoms with E-state index in [1.165, 1.54) is 35.1 Å². The maximum absolute atomic E-state index is 5.81. The van der Waals surface area contributed by atoms with E-state index in [0.717, 1.165) is 18.8 Å². The van der Waals surface area contributed by atoms with Gasteiger partial charge in [-0.3, -0.25) is 0 Å². The van der Waals surface area contributed by atoms with Crippen LogP contribution in [0.15, 0.2) is 78.9 Å². The van der Waals surface area contributed by atoms with Crippen LogP contribution in [0, 0.1) is 0 Å². The molecule has 0 radical (unpaired) electrons. The Kier molecular flexibility index (Phi) is 5.68. The van der Waals surface area contributed by atoms with Crippen molar-refractivity contribution in [2.75, 3.05) is 6.61 Å². The van der Waals surface area contributed by atoms with Crippen molar-refractivity contribution in [2.45, 2.75) is 26.2 Å². The first-order chi connectivity index (χ1) is 11.9. The van der Waals surface area contributed by atoms with Crippen LogP contribution in [0.3, 0.4) is 0 Å². The van der Waals surface area contributed by atoms with Gasteiger partial charge in [-0.05, 0) is 40.8 Å². The molecule has 0 aliphatic carbocycles. The van der Waals surface area contributed by atoms with E-state index >= 15 is 0 Å². The molecule has 3 aromatic rings. The maximum atomic E-state index is 5.81. The summed E-state index contributed by atoms with van der Waals surface area (Å²) in [5.41, 5.74) is 4.97. The number of unbranched alkanes of at least 4 members (excludes halogenated alkanes) is 2. The lowest BCUT2D eigenvalue weighted by Crippen LogP contribution is -1.96. The van der Waals surface area contributed by atoms with E-state index in [9.17, 15) is 0 Å². The summed E-state index contributed by atoms with van der Waals surface area (Å²) in [6.07, 6.45) is 3.57. The third-order valence-corrected chi connectivity index (χ3v) is 4.19. The summed E-state index contributed by atoms with van der Waals surface area (Å²) in [5.74, 6) is 0.951. The van der Waals surface area contributed by atoms with Crippen LogP contribution in [-0.4, -0.2) is 6.61 Å². The molecule has 0 aliphatic rings. The van der Waals surface area contributed by atoms with Crippen molar-refractivity contribution in [1.29, 1.82) is 0 Å². The van der Waals surface area contributed by atoms with E-state index < -0.39 is 0 Å². The number of hydrogen-bond acceptors (Lipinski definition) is 1. The molecule has 0 unspecified atom stereocenters. The second-order valence-corrected chi connectivity index (χ2v) is 5.99. The largest absolute Gasteiger partial charge is 0.494 e. The quantitative estimate of drug-likeness (QED) is 0.447. The van der Waals surface area contributed by atoms with Crippen molar-refractivity contribution in [2.24, 2.45) is 0 Å². The van der Waals surface area contributed by atoms with Gasteiger partial charge < -0.3 is 4.74 Å². The molecule has 0 spiro atoms. The van der Waals surface area contributed by atoms with Crippen LogP contribution >= 0.6 is 0 Å². The summed E-state index contributed by atoms with van der Waals surface area (Å²) in [6, 6.07) is 27.5. The zero-order valence-corrected chi connectivity index (χ0v) is 14.2.